The molecule has 0 radical (unpaired) electrons. The highest BCUT2D eigenvalue weighted by molar-refractivity contribution is 7.16. The van der Waals surface area contributed by atoms with Crippen molar-refractivity contribution in [2.45, 2.75) is 45.1 Å². The summed E-state index contributed by atoms with van der Waals surface area (Å²) in [4.78, 5) is 25.7. The van der Waals surface area contributed by atoms with E-state index in [1.54, 1.807) is 30.3 Å². The number of esters is 1. The molecule has 152 valence electrons. The van der Waals surface area contributed by atoms with Crippen LogP contribution in [0.15, 0.2) is 30.3 Å². The van der Waals surface area contributed by atoms with Gasteiger partial charge in [0, 0.05) is 11.0 Å². The van der Waals surface area contributed by atoms with Crippen LogP contribution < -0.4 is 5.32 Å². The molecule has 0 bridgehead atoms. The van der Waals surface area contributed by atoms with E-state index >= 15 is 0 Å². The Morgan fingerprint density at radius 3 is 2.57 bits per heavy atom. The molecule has 0 saturated heterocycles. The zero-order valence-corrected chi connectivity index (χ0v) is 17.4. The first-order valence-electron chi connectivity index (χ1n) is 9.76. The van der Waals surface area contributed by atoms with Gasteiger partial charge in [0.15, 0.2) is 6.10 Å². The third kappa shape index (κ3) is 5.14. The minimum Gasteiger partial charge on any atom is -0.449 e. The lowest BCUT2D eigenvalue weighted by molar-refractivity contribution is -0.148. The molecule has 1 amide bonds. The largest absolute Gasteiger partial charge is 0.449 e. The third-order valence-electron chi connectivity index (χ3n) is 4.88. The van der Waals surface area contributed by atoms with Crippen LogP contribution in [0.4, 0.5) is 5.00 Å². The molecule has 6 nitrogen and oxygen atoms in total. The summed E-state index contributed by atoms with van der Waals surface area (Å²) in [5, 5.41) is 21.6. The van der Waals surface area contributed by atoms with Crippen LogP contribution in [0.3, 0.4) is 0 Å². The molecule has 1 aliphatic rings. The molecule has 2 aromatic rings. The highest BCUT2D eigenvalue weighted by atomic mass is 32.1. The maximum atomic E-state index is 12.5. The predicted octanol–water partition coefficient (Wildman–Crippen LogP) is 4.34. The Hall–Kier alpha value is -3.42. The number of nitrogens with one attached hydrogen (secondary N) is 1. The SMILES string of the molecule is C[C@@H](OC(=O)/C=C/c1ccc(C#N)cc1)C(=O)Nc1sc2c(c1C#N)CCCCC2. The Kier molecular flexibility index (Phi) is 7.00. The molecule has 1 aliphatic carbocycles. The molecule has 7 heteroatoms. The molecule has 0 fully saturated rings. The van der Waals surface area contributed by atoms with Crippen molar-refractivity contribution < 1.29 is 14.3 Å². The van der Waals surface area contributed by atoms with Gasteiger partial charge in [-0.2, -0.15) is 10.5 Å². The second-order valence-electron chi connectivity index (χ2n) is 7.02. The number of benzene rings is 1. The normalized spacial score (nSPS) is 14.1. The van der Waals surface area contributed by atoms with Gasteiger partial charge in [-0.15, -0.1) is 11.3 Å². The minimum atomic E-state index is -1.00. The van der Waals surface area contributed by atoms with E-state index in [1.165, 1.54) is 24.3 Å². The quantitative estimate of drug-likeness (QED) is 0.441. The molecule has 1 aromatic carbocycles. The van der Waals surface area contributed by atoms with Gasteiger partial charge in [-0.3, -0.25) is 4.79 Å². The average Bonchev–Trinajstić information content (AvgIpc) is 2.91. The molecule has 1 N–H and O–H groups in total. The summed E-state index contributed by atoms with van der Waals surface area (Å²) in [5.74, 6) is -1.12. The smallest absolute Gasteiger partial charge is 0.331 e. The standard InChI is InChI=1S/C23H21N3O3S/c1-15(29-21(27)12-11-16-7-9-17(13-24)10-8-16)22(28)26-23-19(14-25)18-5-3-2-4-6-20(18)30-23/h7-12,15H,2-6H2,1H3,(H,26,28)/b12-11+/t15-/m1/s1. The second kappa shape index (κ2) is 9.87. The van der Waals surface area contributed by atoms with Crippen molar-refractivity contribution in [3.63, 3.8) is 0 Å². The first kappa shape index (κ1) is 21.3. The van der Waals surface area contributed by atoms with Gasteiger partial charge in [0.25, 0.3) is 5.91 Å². The zero-order chi connectivity index (χ0) is 21.5. The van der Waals surface area contributed by atoms with Gasteiger partial charge in [0.2, 0.25) is 0 Å². The monoisotopic (exact) mass is 419 g/mol. The molecule has 1 heterocycles. The third-order valence-corrected chi connectivity index (χ3v) is 6.09. The van der Waals surface area contributed by atoms with E-state index in [4.69, 9.17) is 10.00 Å². The van der Waals surface area contributed by atoms with E-state index in [1.807, 2.05) is 6.07 Å². The predicted molar refractivity (Wildman–Crippen MR) is 115 cm³/mol. The van der Waals surface area contributed by atoms with Crippen LogP contribution in [0.2, 0.25) is 0 Å². The van der Waals surface area contributed by atoms with Crippen molar-refractivity contribution in [2.24, 2.45) is 0 Å². The summed E-state index contributed by atoms with van der Waals surface area (Å²) in [6.45, 7) is 1.49. The first-order chi connectivity index (χ1) is 14.5. The number of ether oxygens (including phenoxy) is 1. The van der Waals surface area contributed by atoms with Gasteiger partial charge in [0.05, 0.1) is 17.2 Å². The Morgan fingerprint density at radius 1 is 1.13 bits per heavy atom. The number of nitriles is 2. The van der Waals surface area contributed by atoms with Gasteiger partial charge in [-0.1, -0.05) is 18.6 Å². The Bertz CT molecular complexity index is 1060. The maximum absolute atomic E-state index is 12.5. The maximum Gasteiger partial charge on any atom is 0.331 e. The number of fused-ring (bicyclic) bond motifs is 1. The molecular formula is C23H21N3O3S. The number of aryl methyl sites for hydroxylation is 1. The fraction of sp³-hybridized carbons (Fsp3) is 0.304. The fourth-order valence-electron chi connectivity index (χ4n) is 3.26. The average molecular weight is 420 g/mol. The van der Waals surface area contributed by atoms with E-state index in [9.17, 15) is 14.9 Å². The molecule has 1 aromatic heterocycles. The van der Waals surface area contributed by atoms with Gasteiger partial charge < -0.3 is 10.1 Å². The van der Waals surface area contributed by atoms with Crippen molar-refractivity contribution in [1.29, 1.82) is 10.5 Å². The minimum absolute atomic E-state index is 0.469. The van der Waals surface area contributed by atoms with Gasteiger partial charge in [-0.05, 0) is 61.9 Å². The van der Waals surface area contributed by atoms with Crippen LogP contribution in [0.5, 0.6) is 0 Å². The van der Waals surface area contributed by atoms with Crippen LogP contribution in [-0.4, -0.2) is 18.0 Å². The number of hydrogen-bond donors (Lipinski definition) is 1. The van der Waals surface area contributed by atoms with Crippen LogP contribution >= 0.6 is 11.3 Å². The van der Waals surface area contributed by atoms with Crippen molar-refractivity contribution in [2.75, 3.05) is 5.32 Å². The lowest BCUT2D eigenvalue weighted by Crippen LogP contribution is -2.29. The van der Waals surface area contributed by atoms with Crippen LogP contribution in [0.1, 0.15) is 53.3 Å². The van der Waals surface area contributed by atoms with E-state index in [0.717, 1.165) is 48.1 Å². The van der Waals surface area contributed by atoms with Crippen LogP contribution in [-0.2, 0) is 27.2 Å². The highest BCUT2D eigenvalue weighted by Crippen LogP contribution is 2.37. The van der Waals surface area contributed by atoms with Crippen LogP contribution in [0.25, 0.3) is 6.08 Å². The summed E-state index contributed by atoms with van der Waals surface area (Å²) in [6, 6.07) is 11.0. The lowest BCUT2D eigenvalue weighted by Gasteiger charge is -2.11. The molecule has 0 spiro atoms. The van der Waals surface area contributed by atoms with Crippen LogP contribution in [0, 0.1) is 22.7 Å². The molecule has 1 atom stereocenters. The Labute approximate surface area is 179 Å². The second-order valence-corrected chi connectivity index (χ2v) is 8.12. The number of carbonyl (C=O) groups is 2. The lowest BCUT2D eigenvalue weighted by atomic mass is 10.1. The van der Waals surface area contributed by atoms with Crippen molar-refractivity contribution in [3.05, 3.63) is 57.5 Å². The molecule has 30 heavy (non-hydrogen) atoms. The molecule has 0 unspecified atom stereocenters. The Morgan fingerprint density at radius 2 is 1.87 bits per heavy atom. The highest BCUT2D eigenvalue weighted by Gasteiger charge is 2.23. The number of thiophene rings is 1. The van der Waals surface area contributed by atoms with E-state index in [2.05, 4.69) is 11.4 Å². The van der Waals surface area contributed by atoms with Gasteiger partial charge >= 0.3 is 5.97 Å². The molecule has 0 aliphatic heterocycles. The first-order valence-corrected chi connectivity index (χ1v) is 10.6. The molecule has 0 saturated carbocycles. The number of carbonyl (C=O) groups excluding carboxylic acids is 2. The fourth-order valence-corrected chi connectivity index (χ4v) is 4.51. The van der Waals surface area contributed by atoms with Crippen molar-refractivity contribution in [3.8, 4) is 12.1 Å². The zero-order valence-electron chi connectivity index (χ0n) is 16.6. The number of hydrogen-bond acceptors (Lipinski definition) is 6. The number of nitrogens with zero attached hydrogens (tertiary/aromatic N) is 2. The topological polar surface area (TPSA) is 103 Å². The Balaban J connectivity index is 1.60. The summed E-state index contributed by atoms with van der Waals surface area (Å²) >= 11 is 1.44. The summed E-state index contributed by atoms with van der Waals surface area (Å²) in [6.07, 6.45) is 6.85. The van der Waals surface area contributed by atoms with E-state index < -0.39 is 18.0 Å². The van der Waals surface area contributed by atoms with Gasteiger partial charge in [-0.25, -0.2) is 4.79 Å². The van der Waals surface area contributed by atoms with Gasteiger partial charge in [0.1, 0.15) is 11.1 Å². The molecule has 3 rings (SSSR count). The van der Waals surface area contributed by atoms with Crippen molar-refractivity contribution in [1.82, 2.24) is 0 Å². The number of amides is 1. The summed E-state index contributed by atoms with van der Waals surface area (Å²) in [7, 11) is 0. The number of anilines is 1. The van der Waals surface area contributed by atoms with E-state index in [-0.39, 0.29) is 0 Å². The molecular weight excluding hydrogens is 398 g/mol. The van der Waals surface area contributed by atoms with Crippen molar-refractivity contribution >= 4 is 34.3 Å². The van der Waals surface area contributed by atoms with E-state index in [0.29, 0.717) is 16.1 Å². The summed E-state index contributed by atoms with van der Waals surface area (Å²) in [5.41, 5.74) is 2.85. The number of rotatable bonds is 5. The summed E-state index contributed by atoms with van der Waals surface area (Å²) < 4.78 is 5.18.